The second-order valence-corrected chi connectivity index (χ2v) is 5.59. The van der Waals surface area contributed by atoms with Crippen molar-refractivity contribution in [1.82, 2.24) is 4.65 Å². The third-order valence-corrected chi connectivity index (χ3v) is 4.22. The first-order valence-electron chi connectivity index (χ1n) is 6.89. The van der Waals surface area contributed by atoms with E-state index in [1.165, 1.54) is 24.3 Å². The van der Waals surface area contributed by atoms with Gasteiger partial charge in [0.25, 0.3) is 0 Å². The van der Waals surface area contributed by atoms with Crippen molar-refractivity contribution in [3.8, 4) is 0 Å². The van der Waals surface area contributed by atoms with Gasteiger partial charge in [0.1, 0.15) is 11.3 Å². The molecule has 7 heteroatoms. The number of halogens is 3. The second-order valence-electron chi connectivity index (χ2n) is 5.59. The number of hydrogen-bond acceptors (Lipinski definition) is 2. The third-order valence-electron chi connectivity index (χ3n) is 4.22. The molecule has 2 aromatic rings. The highest BCUT2D eigenvalue weighted by molar-refractivity contribution is 5.73. The number of quaternary nitrogens is 1. The summed E-state index contributed by atoms with van der Waals surface area (Å²) in [6.45, 7) is -0.235. The van der Waals surface area contributed by atoms with Crippen LogP contribution in [0.2, 0.25) is 0 Å². The zero-order chi connectivity index (χ0) is 16.4. The Morgan fingerprint density at radius 3 is 2.61 bits per heavy atom. The fourth-order valence-electron chi connectivity index (χ4n) is 3.10. The maximum absolute atomic E-state index is 13.2. The summed E-state index contributed by atoms with van der Waals surface area (Å²) in [5.74, 6) is -0.0292. The minimum Gasteiger partial charge on any atom is -0.617 e. The van der Waals surface area contributed by atoms with Crippen LogP contribution in [-0.4, -0.2) is 4.76 Å². The molecule has 1 atom stereocenters. The predicted octanol–water partition coefficient (Wildman–Crippen LogP) is 4.45. The van der Waals surface area contributed by atoms with Crippen LogP contribution in [0.1, 0.15) is 16.7 Å². The summed E-state index contributed by atoms with van der Waals surface area (Å²) in [6.07, 6.45) is -3.10. The summed E-state index contributed by atoms with van der Waals surface area (Å²) in [7, 11) is 0. The van der Waals surface area contributed by atoms with Gasteiger partial charge in [0.05, 0.1) is 11.6 Å². The van der Waals surface area contributed by atoms with Gasteiger partial charge in [-0.3, -0.25) is 0 Å². The van der Waals surface area contributed by atoms with Gasteiger partial charge >= 0.3 is 17.7 Å². The first-order chi connectivity index (χ1) is 10.8. The number of para-hydroxylation sites is 2. The number of nitroso groups, excluding NO2 is 1. The molecule has 2 aliphatic heterocycles. The predicted molar refractivity (Wildman–Crippen MR) is 78.0 cm³/mol. The average molecular weight is 319 g/mol. The van der Waals surface area contributed by atoms with Gasteiger partial charge in [-0.2, -0.15) is 13.2 Å². The molecule has 116 valence electrons. The highest BCUT2D eigenvalue weighted by Crippen LogP contribution is 2.49. The Morgan fingerprint density at radius 1 is 1.13 bits per heavy atom. The molecule has 0 aliphatic carbocycles. The summed E-state index contributed by atoms with van der Waals surface area (Å²) < 4.78 is 38.1. The van der Waals surface area contributed by atoms with E-state index in [-0.39, 0.29) is 29.3 Å². The highest BCUT2D eigenvalue weighted by Gasteiger charge is 2.54. The van der Waals surface area contributed by atoms with Crippen LogP contribution in [0, 0.1) is 10.1 Å². The van der Waals surface area contributed by atoms with Gasteiger partial charge in [-0.1, -0.05) is 18.2 Å². The Hall–Kier alpha value is -2.51. The molecular formula is C16H10F3N2O2+. The molecule has 0 fully saturated rings. The Labute approximate surface area is 128 Å². The van der Waals surface area contributed by atoms with Crippen molar-refractivity contribution >= 4 is 17.5 Å². The topological polar surface area (TPSA) is 43.1 Å². The van der Waals surface area contributed by atoms with Gasteiger partial charge in [-0.05, 0) is 17.7 Å². The lowest BCUT2D eigenvalue weighted by Gasteiger charge is -2.35. The van der Waals surface area contributed by atoms with E-state index in [9.17, 15) is 23.3 Å². The minimum absolute atomic E-state index is 0.0292. The summed E-state index contributed by atoms with van der Waals surface area (Å²) in [5, 5.41) is 13.2. The van der Waals surface area contributed by atoms with Crippen molar-refractivity contribution in [2.45, 2.75) is 12.7 Å². The molecule has 0 bridgehead atoms. The van der Waals surface area contributed by atoms with E-state index in [1.54, 1.807) is 12.1 Å². The van der Waals surface area contributed by atoms with Crippen LogP contribution in [0.3, 0.4) is 0 Å². The molecule has 0 N–H and O–H groups in total. The monoisotopic (exact) mass is 319 g/mol. The Morgan fingerprint density at radius 2 is 1.87 bits per heavy atom. The van der Waals surface area contributed by atoms with Crippen LogP contribution in [0.5, 0.6) is 0 Å². The van der Waals surface area contributed by atoms with Gasteiger partial charge in [-0.25, -0.2) is 4.65 Å². The number of fused-ring (bicyclic) bond motifs is 4. The van der Waals surface area contributed by atoms with Gasteiger partial charge in [0, 0.05) is 22.6 Å². The zero-order valence-corrected chi connectivity index (χ0v) is 11.7. The maximum Gasteiger partial charge on any atom is 0.429 e. The van der Waals surface area contributed by atoms with Crippen LogP contribution >= 0.6 is 0 Å². The van der Waals surface area contributed by atoms with Crippen molar-refractivity contribution < 1.29 is 17.9 Å². The molecule has 2 heterocycles. The largest absolute Gasteiger partial charge is 0.617 e. The molecular weight excluding hydrogens is 309 g/mol. The molecule has 4 rings (SSSR count). The van der Waals surface area contributed by atoms with Crippen molar-refractivity contribution in [1.29, 1.82) is 0 Å². The standard InChI is InChI=1S/C16H10F3N2O2/c17-16(18,19)12-6-5-10-8-15-20(22)13-3-1-2-4-14(13)21(15,23)9-11(10)7-12/h1-8H,9H2/q+1. The summed E-state index contributed by atoms with van der Waals surface area (Å²) >= 11 is 0. The lowest BCUT2D eigenvalue weighted by atomic mass is 9.99. The van der Waals surface area contributed by atoms with E-state index in [4.69, 9.17) is 0 Å². The quantitative estimate of drug-likeness (QED) is 0.409. The van der Waals surface area contributed by atoms with Gasteiger partial charge in [0.2, 0.25) is 5.69 Å². The first kappa shape index (κ1) is 14.1. The number of hydrogen-bond donors (Lipinski definition) is 0. The van der Waals surface area contributed by atoms with Crippen LogP contribution in [0.15, 0.2) is 48.3 Å². The number of nitrogens with zero attached hydrogens (tertiary/aromatic N) is 2. The lowest BCUT2D eigenvalue weighted by Crippen LogP contribution is -2.41. The molecule has 0 saturated carbocycles. The number of alkyl halides is 3. The van der Waals surface area contributed by atoms with Crippen molar-refractivity contribution in [2.24, 2.45) is 0 Å². The van der Waals surface area contributed by atoms with Gasteiger partial charge < -0.3 is 5.21 Å². The van der Waals surface area contributed by atoms with Crippen molar-refractivity contribution in [2.75, 3.05) is 0 Å². The minimum atomic E-state index is -4.47. The van der Waals surface area contributed by atoms with Crippen LogP contribution in [0.4, 0.5) is 24.5 Å². The first-order valence-corrected chi connectivity index (χ1v) is 6.89. The number of rotatable bonds is 0. The molecule has 0 aromatic heterocycles. The summed E-state index contributed by atoms with van der Waals surface area (Å²) in [4.78, 5) is 12.3. The van der Waals surface area contributed by atoms with E-state index < -0.39 is 16.4 Å². The van der Waals surface area contributed by atoms with E-state index in [0.717, 1.165) is 12.1 Å². The smallest absolute Gasteiger partial charge is 0.429 e. The number of benzene rings is 2. The maximum atomic E-state index is 13.2. The second kappa shape index (κ2) is 4.27. The van der Waals surface area contributed by atoms with Crippen LogP contribution in [0.25, 0.3) is 6.08 Å². The molecule has 4 nitrogen and oxygen atoms in total. The molecule has 0 saturated heterocycles. The molecule has 0 radical (unpaired) electrons. The van der Waals surface area contributed by atoms with Crippen molar-refractivity contribution in [3.63, 3.8) is 0 Å². The Bertz CT molecular complexity index is 889. The van der Waals surface area contributed by atoms with E-state index in [1.807, 2.05) is 0 Å². The van der Waals surface area contributed by atoms with Gasteiger partial charge in [-0.15, -0.1) is 0 Å². The molecule has 2 aromatic carbocycles. The third kappa shape index (κ3) is 1.87. The van der Waals surface area contributed by atoms with E-state index in [0.29, 0.717) is 10.3 Å². The molecule has 0 spiro atoms. The highest BCUT2D eigenvalue weighted by atomic mass is 19.4. The molecule has 0 amide bonds. The zero-order valence-electron chi connectivity index (χ0n) is 11.7. The van der Waals surface area contributed by atoms with Crippen LogP contribution in [-0.2, 0) is 12.7 Å². The summed E-state index contributed by atoms with van der Waals surface area (Å²) in [6, 6.07) is 9.58. The SMILES string of the molecule is O=[N+]1C2=Cc3ccc(C(F)(F)F)cc3C[N+]2([O-])c2ccccc21. The molecule has 23 heavy (non-hydrogen) atoms. The van der Waals surface area contributed by atoms with Gasteiger partial charge in [0.15, 0.2) is 0 Å². The number of hydroxylamine groups is 2. The summed E-state index contributed by atoms with van der Waals surface area (Å²) in [5.41, 5.74) is 0.426. The Balaban J connectivity index is 1.91. The average Bonchev–Trinajstić information content (AvgIpc) is 2.72. The normalized spacial score (nSPS) is 22.3. The lowest BCUT2D eigenvalue weighted by molar-refractivity contribution is -0.410. The van der Waals surface area contributed by atoms with E-state index >= 15 is 0 Å². The van der Waals surface area contributed by atoms with E-state index in [2.05, 4.69) is 0 Å². The van der Waals surface area contributed by atoms with Crippen LogP contribution < -0.4 is 4.65 Å². The Kier molecular flexibility index (Phi) is 2.62. The fraction of sp³-hybridized carbons (Fsp3) is 0.125. The fourth-order valence-corrected chi connectivity index (χ4v) is 3.10. The van der Waals surface area contributed by atoms with Crippen molar-refractivity contribution in [3.05, 3.63) is 75.1 Å². The molecule has 1 unspecified atom stereocenters. The molecule has 2 aliphatic rings.